The third kappa shape index (κ3) is 10.0. The van der Waals surface area contributed by atoms with Gasteiger partial charge in [0.15, 0.2) is 10.8 Å². The monoisotopic (exact) mass is 761 g/mol. The molecule has 1 aromatic heterocycles. The molecule has 0 aliphatic carbocycles. The van der Waals surface area contributed by atoms with Crippen molar-refractivity contribution in [3.63, 3.8) is 0 Å². The molecule has 0 spiro atoms. The summed E-state index contributed by atoms with van der Waals surface area (Å²) < 4.78 is 21.3. The summed E-state index contributed by atoms with van der Waals surface area (Å²) in [5.41, 5.74) is -2.84. The number of β-lactam (4-membered cyclic amide) rings is 1. The predicted molar refractivity (Wildman–Crippen MR) is 191 cm³/mol. The Kier molecular flexibility index (Phi) is 12.3. The number of thiazole rings is 1. The van der Waals surface area contributed by atoms with Crippen LogP contribution in [-0.2, 0) is 44.8 Å². The standard InChI is InChI=1S/C34H43N5O11S2/c1-32(2,3)48-29(44)34(7,8)50-38-22(21-17-52-30(35-21)37-31(45)49-33(4,5)6)25(41)36-23-26(42)39-24(19(14-40)16-51-27(23)39)28(43)47-15-18-10-12-20(46-9)13-11-18/h10-13,17,23,27,40H,14-16H2,1-9H3,(H,36,41)(H,35,37,45)/b38-22-/t23-,27-/m1/s1. The van der Waals surface area contributed by atoms with Crippen molar-refractivity contribution in [2.24, 2.45) is 5.16 Å². The van der Waals surface area contributed by atoms with E-state index < -0.39 is 70.4 Å². The Morgan fingerprint density at radius 3 is 2.27 bits per heavy atom. The second-order valence-electron chi connectivity index (χ2n) is 14.1. The normalized spacial score (nSPS) is 17.8. The Morgan fingerprint density at radius 2 is 1.67 bits per heavy atom. The lowest BCUT2D eigenvalue weighted by molar-refractivity contribution is -0.179. The molecule has 16 nitrogen and oxygen atoms in total. The van der Waals surface area contributed by atoms with Crippen LogP contribution in [0, 0.1) is 0 Å². The summed E-state index contributed by atoms with van der Waals surface area (Å²) in [5, 5.41) is 19.9. The number of rotatable bonds is 12. The number of ether oxygens (including phenoxy) is 4. The summed E-state index contributed by atoms with van der Waals surface area (Å²) in [6.45, 7) is 12.4. The molecule has 2 aliphatic rings. The number of hydrogen-bond acceptors (Lipinski definition) is 15. The van der Waals surface area contributed by atoms with Crippen LogP contribution in [0.3, 0.4) is 0 Å². The number of anilines is 1. The summed E-state index contributed by atoms with van der Waals surface area (Å²) in [5.74, 6) is -2.28. The lowest BCUT2D eigenvalue weighted by Gasteiger charge is -2.49. The molecule has 0 radical (unpaired) electrons. The summed E-state index contributed by atoms with van der Waals surface area (Å²) in [4.78, 5) is 76.9. The first-order valence-corrected chi connectivity index (χ1v) is 18.0. The zero-order chi connectivity index (χ0) is 38.6. The molecule has 52 heavy (non-hydrogen) atoms. The van der Waals surface area contributed by atoms with Crippen molar-refractivity contribution in [3.8, 4) is 5.75 Å². The number of nitrogens with zero attached hydrogens (tertiary/aromatic N) is 3. The van der Waals surface area contributed by atoms with Gasteiger partial charge >= 0.3 is 18.0 Å². The van der Waals surface area contributed by atoms with Crippen LogP contribution in [0.4, 0.5) is 9.93 Å². The van der Waals surface area contributed by atoms with E-state index in [1.807, 2.05) is 0 Å². The van der Waals surface area contributed by atoms with Crippen LogP contribution < -0.4 is 15.4 Å². The second kappa shape index (κ2) is 15.9. The zero-order valence-corrected chi connectivity index (χ0v) is 32.0. The van der Waals surface area contributed by atoms with Gasteiger partial charge in [0.25, 0.3) is 11.8 Å². The number of aliphatic hydroxyl groups excluding tert-OH is 1. The van der Waals surface area contributed by atoms with Crippen molar-refractivity contribution in [2.75, 3.05) is 24.8 Å². The van der Waals surface area contributed by atoms with Gasteiger partial charge in [-0.1, -0.05) is 17.3 Å². The van der Waals surface area contributed by atoms with Crippen LogP contribution in [0.1, 0.15) is 66.6 Å². The van der Waals surface area contributed by atoms with Crippen LogP contribution in [0.15, 0.2) is 46.1 Å². The van der Waals surface area contributed by atoms with Gasteiger partial charge in [-0.25, -0.2) is 19.4 Å². The summed E-state index contributed by atoms with van der Waals surface area (Å²) in [6, 6.07) is 5.76. The number of aromatic nitrogens is 1. The van der Waals surface area contributed by atoms with Crippen molar-refractivity contribution < 1.29 is 52.9 Å². The molecule has 3 heterocycles. The van der Waals surface area contributed by atoms with Gasteiger partial charge in [0, 0.05) is 11.1 Å². The van der Waals surface area contributed by atoms with Gasteiger partial charge < -0.3 is 34.2 Å². The number of methoxy groups -OCH3 is 1. The van der Waals surface area contributed by atoms with Crippen LogP contribution in [-0.4, -0.2) is 98.2 Å². The maximum atomic E-state index is 13.8. The van der Waals surface area contributed by atoms with E-state index in [9.17, 15) is 29.1 Å². The van der Waals surface area contributed by atoms with Gasteiger partial charge in [-0.05, 0) is 78.7 Å². The molecule has 2 aliphatic heterocycles. The number of carbonyl (C=O) groups is 5. The van der Waals surface area contributed by atoms with Gasteiger partial charge in [0.2, 0.25) is 5.60 Å². The fraction of sp³-hybridized carbons (Fsp3) is 0.500. The van der Waals surface area contributed by atoms with Crippen LogP contribution in [0.2, 0.25) is 0 Å². The molecule has 1 saturated heterocycles. The van der Waals surface area contributed by atoms with Gasteiger partial charge in [-0.3, -0.25) is 19.8 Å². The molecule has 1 fully saturated rings. The van der Waals surface area contributed by atoms with E-state index >= 15 is 0 Å². The van der Waals surface area contributed by atoms with Crippen LogP contribution >= 0.6 is 23.1 Å². The average Bonchev–Trinajstić information content (AvgIpc) is 3.51. The van der Waals surface area contributed by atoms with Gasteiger partial charge in [-0.15, -0.1) is 23.1 Å². The number of oxime groups is 1. The molecule has 3 amide bonds. The molecule has 1 aromatic carbocycles. The van der Waals surface area contributed by atoms with Gasteiger partial charge in [-0.2, -0.15) is 0 Å². The number of esters is 2. The highest BCUT2D eigenvalue weighted by atomic mass is 32.2. The highest BCUT2D eigenvalue weighted by Gasteiger charge is 2.54. The summed E-state index contributed by atoms with van der Waals surface area (Å²) in [7, 11) is 1.53. The topological polar surface area (TPSA) is 204 Å². The number of hydrogen-bond donors (Lipinski definition) is 3. The maximum absolute atomic E-state index is 13.8. The second-order valence-corrected chi connectivity index (χ2v) is 16.1. The molecule has 282 valence electrons. The van der Waals surface area contributed by atoms with E-state index in [1.165, 1.54) is 43.0 Å². The summed E-state index contributed by atoms with van der Waals surface area (Å²) >= 11 is 2.20. The van der Waals surface area contributed by atoms with E-state index in [-0.39, 0.29) is 28.9 Å². The molecule has 0 bridgehead atoms. The first-order chi connectivity index (χ1) is 24.2. The zero-order valence-electron chi connectivity index (χ0n) is 30.4. The Labute approximate surface area is 309 Å². The number of fused-ring (bicyclic) bond motifs is 1. The van der Waals surface area contributed by atoms with Crippen molar-refractivity contribution in [1.82, 2.24) is 15.2 Å². The minimum atomic E-state index is -1.65. The van der Waals surface area contributed by atoms with Crippen molar-refractivity contribution in [2.45, 2.75) is 90.2 Å². The lowest BCUT2D eigenvalue weighted by Crippen LogP contribution is -2.71. The molecule has 2 aromatic rings. The maximum Gasteiger partial charge on any atom is 0.413 e. The average molecular weight is 762 g/mol. The fourth-order valence-corrected chi connectivity index (χ4v) is 6.59. The van der Waals surface area contributed by atoms with E-state index in [4.69, 9.17) is 23.8 Å². The third-order valence-electron chi connectivity index (χ3n) is 7.07. The Morgan fingerprint density at radius 1 is 1.02 bits per heavy atom. The number of amides is 3. The third-order valence-corrected chi connectivity index (χ3v) is 9.17. The van der Waals surface area contributed by atoms with Crippen LogP contribution in [0.25, 0.3) is 0 Å². The Balaban J connectivity index is 1.54. The number of benzene rings is 1. The first kappa shape index (κ1) is 40.1. The van der Waals surface area contributed by atoms with Crippen LogP contribution in [0.5, 0.6) is 5.75 Å². The molecule has 0 unspecified atom stereocenters. The Hall–Kier alpha value is -4.68. The number of carbonyl (C=O) groups excluding carboxylic acids is 5. The van der Waals surface area contributed by atoms with E-state index in [0.29, 0.717) is 16.9 Å². The minimum absolute atomic E-state index is 0.0428. The fourth-order valence-electron chi connectivity index (χ4n) is 4.58. The van der Waals surface area contributed by atoms with E-state index in [0.717, 1.165) is 11.3 Å². The van der Waals surface area contributed by atoms with Gasteiger partial charge in [0.05, 0.1) is 13.7 Å². The quantitative estimate of drug-likeness (QED) is 0.0929. The van der Waals surface area contributed by atoms with Gasteiger partial charge in [0.1, 0.15) is 46.4 Å². The number of aliphatic hydroxyl groups is 1. The molecule has 3 N–H and O–H groups in total. The number of nitrogens with one attached hydrogen (secondary N) is 2. The largest absolute Gasteiger partial charge is 0.497 e. The summed E-state index contributed by atoms with van der Waals surface area (Å²) in [6.07, 6.45) is -0.776. The van der Waals surface area contributed by atoms with Crippen molar-refractivity contribution in [3.05, 3.63) is 52.2 Å². The SMILES string of the molecule is COc1ccc(COC(=O)C2=C(CO)CS[C@@H]3[C@H](NC(=O)/C(=N\OC(C)(C)C(=O)OC(C)(C)C)c4csc(NC(=O)OC(C)(C)C)n4)C(=O)N23)cc1. The van der Waals surface area contributed by atoms with Crippen molar-refractivity contribution >= 4 is 63.8 Å². The highest BCUT2D eigenvalue weighted by Crippen LogP contribution is 2.40. The first-order valence-electron chi connectivity index (χ1n) is 16.1. The molecule has 0 saturated carbocycles. The molecular weight excluding hydrogens is 719 g/mol. The molecule has 4 rings (SSSR count). The minimum Gasteiger partial charge on any atom is -0.497 e. The van der Waals surface area contributed by atoms with E-state index in [1.54, 1.807) is 65.8 Å². The van der Waals surface area contributed by atoms with Crippen molar-refractivity contribution in [1.29, 1.82) is 0 Å². The molecule has 18 heteroatoms. The predicted octanol–water partition coefficient (Wildman–Crippen LogP) is 3.73. The Bertz CT molecular complexity index is 1760. The molecule has 2 atom stereocenters. The lowest BCUT2D eigenvalue weighted by atomic mass is 10.0. The van der Waals surface area contributed by atoms with E-state index in [2.05, 4.69) is 20.8 Å². The molecular formula is C34H43N5O11S2. The highest BCUT2D eigenvalue weighted by molar-refractivity contribution is 8.00. The smallest absolute Gasteiger partial charge is 0.413 e. The number of thioether (sulfide) groups is 1.